The molecule has 1 N–H and O–H groups in total. The number of ether oxygens (including phenoxy) is 1. The van der Waals surface area contributed by atoms with Gasteiger partial charge in [-0.05, 0) is 38.2 Å². The van der Waals surface area contributed by atoms with Crippen molar-refractivity contribution in [2.75, 3.05) is 6.61 Å². The molecule has 2 fully saturated rings. The van der Waals surface area contributed by atoms with Crippen LogP contribution in [0.1, 0.15) is 38.2 Å². The Balaban J connectivity index is 1.68. The van der Waals surface area contributed by atoms with Crippen LogP contribution in [0.4, 0.5) is 0 Å². The van der Waals surface area contributed by atoms with Gasteiger partial charge in [0.05, 0.1) is 12.8 Å². The molecule has 127 valence electrons. The van der Waals surface area contributed by atoms with Gasteiger partial charge in [-0.15, -0.1) is 0 Å². The summed E-state index contributed by atoms with van der Waals surface area (Å²) >= 11 is 0. The van der Waals surface area contributed by atoms with E-state index in [0.717, 1.165) is 37.4 Å². The molecule has 6 heteroatoms. The van der Waals surface area contributed by atoms with E-state index in [1.165, 1.54) is 0 Å². The van der Waals surface area contributed by atoms with Crippen LogP contribution in [0.2, 0.25) is 0 Å². The predicted octanol–water partition coefficient (Wildman–Crippen LogP) is 1.28. The summed E-state index contributed by atoms with van der Waals surface area (Å²) in [5.41, 5.74) is -0.293. The predicted molar refractivity (Wildman–Crippen MR) is 91.1 cm³/mol. The van der Waals surface area contributed by atoms with Crippen LogP contribution in [0.5, 0.6) is 0 Å². The Hall–Kier alpha value is -1.66. The molecule has 5 nitrogen and oxygen atoms in total. The normalized spacial score (nSPS) is 28.8. The number of hydrogen-bond acceptors (Lipinski definition) is 5. The molecule has 3 unspecified atom stereocenters. The number of benzene rings is 1. The van der Waals surface area contributed by atoms with Crippen molar-refractivity contribution in [3.8, 4) is 0 Å². The maximum atomic E-state index is 12.7. The number of piperidine rings is 1. The van der Waals surface area contributed by atoms with Gasteiger partial charge in [-0.3, -0.25) is 4.79 Å². The molecule has 2 heterocycles. The lowest BCUT2D eigenvalue weighted by atomic mass is 9.83. The maximum Gasteiger partial charge on any atom is 0.318 e. The van der Waals surface area contributed by atoms with Gasteiger partial charge in [0.2, 0.25) is 0 Å². The third kappa shape index (κ3) is 3.13. The summed E-state index contributed by atoms with van der Waals surface area (Å²) < 4.78 is 5.78. The molecule has 0 saturated carbocycles. The third-order valence-electron chi connectivity index (χ3n) is 5.43. The van der Waals surface area contributed by atoms with E-state index in [1.54, 1.807) is 14.3 Å². The van der Waals surface area contributed by atoms with E-state index >= 15 is 0 Å². The molecule has 2 aliphatic rings. The quantitative estimate of drug-likeness (QED) is 0.484. The number of fused-ring (bicyclic) bond motifs is 2. The van der Waals surface area contributed by atoms with E-state index < -0.39 is 5.41 Å². The average molecular weight is 328 g/mol. The molecule has 1 radical (unpaired) electrons. The van der Waals surface area contributed by atoms with Gasteiger partial charge >= 0.3 is 5.97 Å². The molecule has 1 aromatic rings. The van der Waals surface area contributed by atoms with Crippen LogP contribution in [-0.2, 0) is 19.7 Å². The minimum absolute atomic E-state index is 0.152. The highest BCUT2D eigenvalue weighted by Crippen LogP contribution is 2.37. The van der Waals surface area contributed by atoms with Gasteiger partial charge in [0.1, 0.15) is 11.5 Å². The molecule has 1 aromatic carbocycles. The Morgan fingerprint density at radius 2 is 1.96 bits per heavy atom. The van der Waals surface area contributed by atoms with E-state index in [4.69, 9.17) is 4.74 Å². The minimum atomic E-state index is -1.05. The highest BCUT2D eigenvalue weighted by Gasteiger charge is 2.44. The highest BCUT2D eigenvalue weighted by molar-refractivity contribution is 6.64. The molecule has 2 bridgehead atoms. The first kappa shape index (κ1) is 17.2. The van der Waals surface area contributed by atoms with Gasteiger partial charge in [0.15, 0.2) is 0 Å². The van der Waals surface area contributed by atoms with Crippen molar-refractivity contribution >= 4 is 19.6 Å². The van der Waals surface area contributed by atoms with Crippen molar-refractivity contribution in [2.24, 2.45) is 0 Å². The number of aliphatic hydroxyl groups excluding tert-OH is 1. The maximum absolute atomic E-state index is 12.7. The van der Waals surface area contributed by atoms with Crippen molar-refractivity contribution < 1.29 is 19.4 Å². The summed E-state index contributed by atoms with van der Waals surface area (Å²) in [6.45, 7) is 1.43. The number of hydrogen-bond donors (Lipinski definition) is 1. The second-order valence-corrected chi connectivity index (χ2v) is 6.97. The summed E-state index contributed by atoms with van der Waals surface area (Å²) in [6.07, 6.45) is 4.21. The van der Waals surface area contributed by atoms with Crippen LogP contribution >= 0.6 is 0 Å². The monoisotopic (exact) mass is 328 g/mol. The van der Waals surface area contributed by atoms with Crippen LogP contribution in [0.25, 0.3) is 0 Å². The zero-order valence-electron chi connectivity index (χ0n) is 13.9. The largest absolute Gasteiger partial charge is 0.462 e. The Morgan fingerprint density at radius 3 is 2.50 bits per heavy atom. The Morgan fingerprint density at radius 1 is 1.33 bits per heavy atom. The molecule has 0 aliphatic carbocycles. The molecular formula is C18H23BNO4. The van der Waals surface area contributed by atoms with E-state index in [2.05, 4.69) is 4.81 Å². The van der Waals surface area contributed by atoms with E-state index in [-0.39, 0.29) is 30.8 Å². The van der Waals surface area contributed by atoms with Crippen molar-refractivity contribution in [2.45, 2.75) is 56.2 Å². The molecule has 2 saturated heterocycles. The number of esters is 1. The summed E-state index contributed by atoms with van der Waals surface area (Å²) in [5, 5.41) is 9.81. The lowest BCUT2D eigenvalue weighted by Crippen LogP contribution is -2.49. The number of nitrogens with zero attached hydrogens (tertiary/aromatic N) is 1. The number of carbonyl (C=O) groups excluding carboxylic acids is 2. The zero-order valence-corrected chi connectivity index (χ0v) is 13.9. The smallest absolute Gasteiger partial charge is 0.318 e. The lowest BCUT2D eigenvalue weighted by Gasteiger charge is -2.38. The van der Waals surface area contributed by atoms with E-state index in [1.807, 2.05) is 30.3 Å². The Bertz CT molecular complexity index is 582. The molecule has 0 amide bonds. The van der Waals surface area contributed by atoms with Gasteiger partial charge in [0, 0.05) is 12.1 Å². The Kier molecular flexibility index (Phi) is 5.06. The van der Waals surface area contributed by atoms with Gasteiger partial charge in [-0.2, -0.15) is 0 Å². The number of rotatable bonds is 6. The first-order valence-electron chi connectivity index (χ1n) is 8.52. The highest BCUT2D eigenvalue weighted by atomic mass is 16.5. The molecule has 2 aliphatic heterocycles. The SMILES string of the molecule is CC(CO)(C(=O)OC1CC2CCC(C1)N2[B]C=O)c1ccccc1. The first-order valence-corrected chi connectivity index (χ1v) is 8.52. The zero-order chi connectivity index (χ0) is 17.2. The van der Waals surface area contributed by atoms with Gasteiger partial charge < -0.3 is 19.4 Å². The topological polar surface area (TPSA) is 66.8 Å². The van der Waals surface area contributed by atoms with E-state index in [0.29, 0.717) is 0 Å². The summed E-state index contributed by atoms with van der Waals surface area (Å²) in [6, 6.07) is 9.79. The van der Waals surface area contributed by atoms with Crippen molar-refractivity contribution in [1.29, 1.82) is 0 Å². The van der Waals surface area contributed by atoms with Gasteiger partial charge in [-0.1, -0.05) is 30.3 Å². The summed E-state index contributed by atoms with van der Waals surface area (Å²) in [7, 11) is 1.61. The molecule has 3 atom stereocenters. The second kappa shape index (κ2) is 7.07. The van der Waals surface area contributed by atoms with Gasteiger partial charge in [-0.25, -0.2) is 0 Å². The van der Waals surface area contributed by atoms with E-state index in [9.17, 15) is 14.7 Å². The fourth-order valence-electron chi connectivity index (χ4n) is 3.93. The lowest BCUT2D eigenvalue weighted by molar-refractivity contribution is -0.160. The fraction of sp³-hybridized carbons (Fsp3) is 0.556. The molecule has 0 aromatic heterocycles. The fourth-order valence-corrected chi connectivity index (χ4v) is 3.93. The second-order valence-electron chi connectivity index (χ2n) is 6.97. The van der Waals surface area contributed by atoms with Crippen LogP contribution in [0.3, 0.4) is 0 Å². The van der Waals surface area contributed by atoms with Crippen LogP contribution in [-0.4, -0.2) is 54.3 Å². The molecule has 3 rings (SSSR count). The van der Waals surface area contributed by atoms with Crippen molar-refractivity contribution in [3.05, 3.63) is 35.9 Å². The molecule has 24 heavy (non-hydrogen) atoms. The Labute approximate surface area is 143 Å². The first-order chi connectivity index (χ1) is 11.6. The van der Waals surface area contributed by atoms with Crippen molar-refractivity contribution in [3.63, 3.8) is 0 Å². The third-order valence-corrected chi connectivity index (χ3v) is 5.43. The van der Waals surface area contributed by atoms with Gasteiger partial charge in [0.25, 0.3) is 7.41 Å². The minimum Gasteiger partial charge on any atom is -0.462 e. The standard InChI is InChI=1S/C18H23BNO4/c1-18(11-21,13-5-3-2-4-6-13)17(23)24-16-9-14-7-8-15(10-16)20(14)19-12-22/h2-6,12,14-16,21H,7-11H2,1H3. The number of carbonyl (C=O) groups is 2. The molecule has 0 spiro atoms. The van der Waals surface area contributed by atoms with Crippen molar-refractivity contribution in [1.82, 2.24) is 4.81 Å². The van der Waals surface area contributed by atoms with Crippen LogP contribution in [0, 0.1) is 0 Å². The average Bonchev–Trinajstić information content (AvgIpc) is 2.84. The summed E-state index contributed by atoms with van der Waals surface area (Å²) in [4.78, 5) is 25.6. The van der Waals surface area contributed by atoms with Crippen LogP contribution in [0.15, 0.2) is 30.3 Å². The summed E-state index contributed by atoms with van der Waals surface area (Å²) in [5.74, 6) is -0.381. The number of aliphatic hydroxyl groups is 1. The van der Waals surface area contributed by atoms with Crippen LogP contribution < -0.4 is 0 Å². The molecular weight excluding hydrogens is 305 g/mol.